The number of nitrogens with one attached hydrogen (secondary N) is 1. The molecule has 8 heteroatoms. The van der Waals surface area contributed by atoms with Gasteiger partial charge >= 0.3 is 0 Å². The summed E-state index contributed by atoms with van der Waals surface area (Å²) in [4.78, 5) is 24.0. The molecule has 4 rings (SSSR count). The second-order valence-corrected chi connectivity index (χ2v) is 7.02. The van der Waals surface area contributed by atoms with Gasteiger partial charge in [0, 0.05) is 42.7 Å². The van der Waals surface area contributed by atoms with Gasteiger partial charge in [-0.2, -0.15) is 0 Å². The minimum atomic E-state index is -0.502. The van der Waals surface area contributed by atoms with Crippen LogP contribution in [0.4, 0.5) is 16.0 Å². The SMILES string of the molecule is COc1ccc(NC(=O)C2CCc3nc(N4CCOCC4)ncc3C2)cc1F. The highest BCUT2D eigenvalue weighted by molar-refractivity contribution is 5.93. The van der Waals surface area contributed by atoms with Crippen LogP contribution in [0.1, 0.15) is 17.7 Å². The fourth-order valence-corrected chi connectivity index (χ4v) is 3.62. The van der Waals surface area contributed by atoms with Gasteiger partial charge in [0.05, 0.1) is 20.3 Å². The van der Waals surface area contributed by atoms with E-state index in [-0.39, 0.29) is 17.6 Å². The number of fused-ring (bicyclic) bond motifs is 1. The molecule has 1 atom stereocenters. The quantitative estimate of drug-likeness (QED) is 0.868. The van der Waals surface area contributed by atoms with Crippen LogP contribution in [0.15, 0.2) is 24.4 Å². The Morgan fingerprint density at radius 1 is 1.36 bits per heavy atom. The standard InChI is InChI=1S/C20H23FN4O3/c1-27-18-5-3-15(11-16(18)21)23-19(26)13-2-4-17-14(10-13)12-22-20(24-17)25-6-8-28-9-7-25/h3,5,11-13H,2,4,6-10H2,1H3,(H,23,26). The number of benzene rings is 1. The number of rotatable bonds is 4. The second kappa shape index (κ2) is 8.10. The summed E-state index contributed by atoms with van der Waals surface area (Å²) in [6.45, 7) is 2.97. The van der Waals surface area contributed by atoms with E-state index in [2.05, 4.69) is 15.2 Å². The third kappa shape index (κ3) is 3.91. The number of nitrogens with zero attached hydrogens (tertiary/aromatic N) is 3. The number of ether oxygens (including phenoxy) is 2. The van der Waals surface area contributed by atoms with Crippen molar-refractivity contribution in [3.05, 3.63) is 41.5 Å². The summed E-state index contributed by atoms with van der Waals surface area (Å²) in [5, 5.41) is 2.80. The number of hydrogen-bond donors (Lipinski definition) is 1. The molecule has 2 aromatic rings. The topological polar surface area (TPSA) is 76.6 Å². The minimum absolute atomic E-state index is 0.118. The number of anilines is 2. The fraction of sp³-hybridized carbons (Fsp3) is 0.450. The minimum Gasteiger partial charge on any atom is -0.494 e. The maximum absolute atomic E-state index is 13.8. The van der Waals surface area contributed by atoms with Crippen LogP contribution in [-0.2, 0) is 22.4 Å². The summed E-state index contributed by atoms with van der Waals surface area (Å²) < 4.78 is 24.1. The van der Waals surface area contributed by atoms with Crippen molar-refractivity contribution in [1.29, 1.82) is 0 Å². The number of morpholine rings is 1. The Hall–Kier alpha value is -2.74. The van der Waals surface area contributed by atoms with Gasteiger partial charge < -0.3 is 19.7 Å². The molecule has 1 aliphatic heterocycles. The summed E-state index contributed by atoms with van der Waals surface area (Å²) >= 11 is 0. The summed E-state index contributed by atoms with van der Waals surface area (Å²) in [6.07, 6.45) is 3.85. The van der Waals surface area contributed by atoms with Gasteiger partial charge in [-0.05, 0) is 37.0 Å². The van der Waals surface area contributed by atoms with Gasteiger partial charge in [0.1, 0.15) is 0 Å². The Morgan fingerprint density at radius 3 is 2.93 bits per heavy atom. The van der Waals surface area contributed by atoms with E-state index >= 15 is 0 Å². The van der Waals surface area contributed by atoms with Gasteiger partial charge in [0.25, 0.3) is 0 Å². The fourth-order valence-electron chi connectivity index (χ4n) is 3.62. The van der Waals surface area contributed by atoms with Gasteiger partial charge in [0.15, 0.2) is 11.6 Å². The van der Waals surface area contributed by atoms with Crippen molar-refractivity contribution >= 4 is 17.5 Å². The van der Waals surface area contributed by atoms with Crippen LogP contribution in [0.5, 0.6) is 5.75 Å². The number of aromatic nitrogens is 2. The van der Waals surface area contributed by atoms with Crippen LogP contribution in [-0.4, -0.2) is 49.3 Å². The molecule has 1 amide bonds. The van der Waals surface area contributed by atoms with E-state index in [0.717, 1.165) is 36.7 Å². The summed E-state index contributed by atoms with van der Waals surface area (Å²) in [5.41, 5.74) is 2.44. The van der Waals surface area contributed by atoms with Crippen molar-refractivity contribution in [2.24, 2.45) is 5.92 Å². The van der Waals surface area contributed by atoms with Crippen LogP contribution in [0.25, 0.3) is 0 Å². The lowest BCUT2D eigenvalue weighted by molar-refractivity contribution is -0.120. The summed E-state index contributed by atoms with van der Waals surface area (Å²) in [7, 11) is 1.41. The molecule has 1 saturated heterocycles. The molecular weight excluding hydrogens is 363 g/mol. The molecule has 1 N–H and O–H groups in total. The van der Waals surface area contributed by atoms with Gasteiger partial charge in [-0.3, -0.25) is 4.79 Å². The number of amides is 1. The molecule has 7 nitrogen and oxygen atoms in total. The maximum Gasteiger partial charge on any atom is 0.227 e. The zero-order chi connectivity index (χ0) is 19.5. The third-order valence-corrected chi connectivity index (χ3v) is 5.22. The van der Waals surface area contributed by atoms with E-state index < -0.39 is 5.82 Å². The Morgan fingerprint density at radius 2 is 2.18 bits per heavy atom. The molecule has 0 bridgehead atoms. The first kappa shape index (κ1) is 18.6. The zero-order valence-electron chi connectivity index (χ0n) is 15.8. The predicted octanol–water partition coefficient (Wildman–Crippen LogP) is 2.20. The Kier molecular flexibility index (Phi) is 5.38. The number of aryl methyl sites for hydroxylation is 1. The first-order valence-corrected chi connectivity index (χ1v) is 9.46. The smallest absolute Gasteiger partial charge is 0.227 e. The Balaban J connectivity index is 1.42. The molecule has 1 fully saturated rings. The lowest BCUT2D eigenvalue weighted by atomic mass is 9.86. The average molecular weight is 386 g/mol. The molecule has 2 heterocycles. The lowest BCUT2D eigenvalue weighted by Gasteiger charge is -2.28. The molecule has 0 spiro atoms. The number of carbonyl (C=O) groups is 1. The number of methoxy groups -OCH3 is 1. The molecule has 28 heavy (non-hydrogen) atoms. The number of hydrogen-bond acceptors (Lipinski definition) is 6. The van der Waals surface area contributed by atoms with E-state index in [9.17, 15) is 9.18 Å². The first-order chi connectivity index (χ1) is 13.6. The first-order valence-electron chi connectivity index (χ1n) is 9.46. The van der Waals surface area contributed by atoms with Crippen molar-refractivity contribution in [2.45, 2.75) is 19.3 Å². The highest BCUT2D eigenvalue weighted by Gasteiger charge is 2.27. The van der Waals surface area contributed by atoms with Gasteiger partial charge in [-0.25, -0.2) is 14.4 Å². The lowest BCUT2D eigenvalue weighted by Crippen LogP contribution is -2.38. The van der Waals surface area contributed by atoms with Crippen molar-refractivity contribution in [3.63, 3.8) is 0 Å². The summed E-state index contributed by atoms with van der Waals surface area (Å²) in [6, 6.07) is 4.40. The average Bonchev–Trinajstić information content (AvgIpc) is 2.73. The van der Waals surface area contributed by atoms with Gasteiger partial charge in [-0.1, -0.05) is 0 Å². The van der Waals surface area contributed by atoms with Crippen molar-refractivity contribution in [3.8, 4) is 5.75 Å². The molecule has 1 aromatic carbocycles. The Labute approximate surface area is 162 Å². The van der Waals surface area contributed by atoms with Crippen LogP contribution >= 0.6 is 0 Å². The third-order valence-electron chi connectivity index (χ3n) is 5.22. The largest absolute Gasteiger partial charge is 0.494 e. The molecule has 148 valence electrons. The normalized spacial score (nSPS) is 19.1. The van der Waals surface area contributed by atoms with E-state index in [1.807, 2.05) is 6.20 Å². The van der Waals surface area contributed by atoms with Crippen LogP contribution < -0.4 is 15.0 Å². The number of carbonyl (C=O) groups excluding carboxylic acids is 1. The highest BCUT2D eigenvalue weighted by atomic mass is 19.1. The zero-order valence-corrected chi connectivity index (χ0v) is 15.8. The van der Waals surface area contributed by atoms with E-state index in [4.69, 9.17) is 14.5 Å². The molecule has 0 radical (unpaired) electrons. The van der Waals surface area contributed by atoms with Crippen molar-refractivity contribution < 1.29 is 18.7 Å². The molecule has 1 aromatic heterocycles. The van der Waals surface area contributed by atoms with Gasteiger partial charge in [0.2, 0.25) is 11.9 Å². The van der Waals surface area contributed by atoms with Crippen molar-refractivity contribution in [2.75, 3.05) is 43.6 Å². The molecule has 1 aliphatic carbocycles. The maximum atomic E-state index is 13.8. The van der Waals surface area contributed by atoms with Crippen molar-refractivity contribution in [1.82, 2.24) is 9.97 Å². The van der Waals surface area contributed by atoms with Crippen LogP contribution in [0.2, 0.25) is 0 Å². The molecule has 2 aliphatic rings. The highest BCUT2D eigenvalue weighted by Crippen LogP contribution is 2.27. The molecule has 1 unspecified atom stereocenters. The van der Waals surface area contributed by atoms with Crippen LogP contribution in [0, 0.1) is 11.7 Å². The summed E-state index contributed by atoms with van der Waals surface area (Å²) in [5.74, 6) is 0.0813. The van der Waals surface area contributed by atoms with E-state index in [0.29, 0.717) is 31.7 Å². The molecular formula is C20H23FN4O3. The predicted molar refractivity (Wildman–Crippen MR) is 102 cm³/mol. The monoisotopic (exact) mass is 386 g/mol. The van der Waals surface area contributed by atoms with Gasteiger partial charge in [-0.15, -0.1) is 0 Å². The van der Waals surface area contributed by atoms with Crippen LogP contribution in [0.3, 0.4) is 0 Å². The molecule has 0 saturated carbocycles. The Bertz CT molecular complexity index is 871. The second-order valence-electron chi connectivity index (χ2n) is 7.02. The van der Waals surface area contributed by atoms with E-state index in [1.165, 1.54) is 19.2 Å². The van der Waals surface area contributed by atoms with E-state index in [1.54, 1.807) is 6.07 Å². The number of halogens is 1.